The Morgan fingerprint density at radius 3 is 2.85 bits per heavy atom. The van der Waals surface area contributed by atoms with Crippen LogP contribution in [0.15, 0.2) is 17.4 Å². The van der Waals surface area contributed by atoms with Crippen molar-refractivity contribution < 1.29 is 5.11 Å². The molecule has 150 valence electrons. The lowest BCUT2D eigenvalue weighted by Crippen LogP contribution is -2.42. The van der Waals surface area contributed by atoms with Crippen LogP contribution in [0, 0.1) is 12.3 Å². The van der Waals surface area contributed by atoms with Crippen molar-refractivity contribution in [3.05, 3.63) is 18.2 Å². The van der Waals surface area contributed by atoms with Crippen molar-refractivity contribution in [3.63, 3.8) is 0 Å². The number of hydrogen-bond donors (Lipinski definition) is 3. The van der Waals surface area contributed by atoms with Crippen molar-refractivity contribution in [1.29, 1.82) is 0 Å². The zero-order valence-electron chi connectivity index (χ0n) is 16.5. The molecular weight excluding hydrogens is 441 g/mol. The van der Waals surface area contributed by atoms with Gasteiger partial charge in [-0.25, -0.2) is 4.98 Å². The van der Waals surface area contributed by atoms with Crippen LogP contribution in [0.1, 0.15) is 58.2 Å². The van der Waals surface area contributed by atoms with Gasteiger partial charge in [-0.3, -0.25) is 4.99 Å². The van der Waals surface area contributed by atoms with Crippen LogP contribution in [-0.4, -0.2) is 46.4 Å². The molecule has 7 heteroatoms. The summed E-state index contributed by atoms with van der Waals surface area (Å²) in [5.74, 6) is 1.93. The highest BCUT2D eigenvalue weighted by Gasteiger charge is 2.35. The molecule has 2 rings (SSSR count). The number of imidazole rings is 1. The number of rotatable bonds is 8. The van der Waals surface area contributed by atoms with E-state index in [0.717, 1.165) is 63.5 Å². The Kier molecular flexibility index (Phi) is 10.5. The number of aliphatic hydroxyl groups excluding tert-OH is 1. The molecule has 1 heterocycles. The van der Waals surface area contributed by atoms with Crippen LogP contribution in [0.5, 0.6) is 0 Å². The lowest BCUT2D eigenvalue weighted by atomic mass is 9.73. The summed E-state index contributed by atoms with van der Waals surface area (Å²) >= 11 is 0. The van der Waals surface area contributed by atoms with Gasteiger partial charge in [-0.05, 0) is 39.5 Å². The predicted octanol–water partition coefficient (Wildman–Crippen LogP) is 3.09. The smallest absolute Gasteiger partial charge is 0.191 e. The van der Waals surface area contributed by atoms with Crippen LogP contribution < -0.4 is 10.6 Å². The van der Waals surface area contributed by atoms with Crippen molar-refractivity contribution in [3.8, 4) is 0 Å². The number of aryl methyl sites for hydroxylation is 2. The van der Waals surface area contributed by atoms with E-state index in [2.05, 4.69) is 34.0 Å². The van der Waals surface area contributed by atoms with Crippen LogP contribution in [0.2, 0.25) is 0 Å². The minimum absolute atomic E-state index is 0. The number of halogens is 1. The van der Waals surface area contributed by atoms with E-state index in [9.17, 15) is 5.11 Å². The van der Waals surface area contributed by atoms with Crippen LogP contribution in [0.3, 0.4) is 0 Å². The maximum atomic E-state index is 10.3. The highest BCUT2D eigenvalue weighted by molar-refractivity contribution is 14.0. The number of unbranched alkanes of at least 4 members (excludes halogenated alkanes) is 1. The molecule has 1 aromatic heterocycles. The van der Waals surface area contributed by atoms with Gasteiger partial charge in [0, 0.05) is 37.4 Å². The first-order valence-corrected chi connectivity index (χ1v) is 9.73. The molecule has 1 aromatic rings. The molecule has 1 fully saturated rings. The molecule has 26 heavy (non-hydrogen) atoms. The quantitative estimate of drug-likeness (QED) is 0.233. The summed E-state index contributed by atoms with van der Waals surface area (Å²) in [6, 6.07) is 0. The van der Waals surface area contributed by atoms with Gasteiger partial charge in [-0.1, -0.05) is 19.8 Å². The van der Waals surface area contributed by atoms with E-state index in [1.165, 1.54) is 6.42 Å². The van der Waals surface area contributed by atoms with Crippen molar-refractivity contribution >= 4 is 29.9 Å². The van der Waals surface area contributed by atoms with Crippen LogP contribution in [0.25, 0.3) is 0 Å². The summed E-state index contributed by atoms with van der Waals surface area (Å²) in [6.07, 6.45) is 10.1. The highest BCUT2D eigenvalue weighted by Crippen LogP contribution is 2.36. The van der Waals surface area contributed by atoms with Crippen molar-refractivity contribution in [2.45, 2.75) is 71.9 Å². The zero-order chi connectivity index (χ0) is 18.1. The van der Waals surface area contributed by atoms with Crippen LogP contribution in [0.4, 0.5) is 0 Å². The Hall–Kier alpha value is -0.830. The summed E-state index contributed by atoms with van der Waals surface area (Å²) < 4.78 is 2.19. The second-order valence-electron chi connectivity index (χ2n) is 7.41. The number of aliphatic hydroxyl groups is 1. The maximum Gasteiger partial charge on any atom is 0.191 e. The second-order valence-corrected chi connectivity index (χ2v) is 7.41. The molecule has 2 atom stereocenters. The van der Waals surface area contributed by atoms with E-state index >= 15 is 0 Å². The third-order valence-electron chi connectivity index (χ3n) is 5.26. The number of aliphatic imine (C=N–C) groups is 1. The monoisotopic (exact) mass is 477 g/mol. The summed E-state index contributed by atoms with van der Waals surface area (Å²) in [5.41, 5.74) is -0.0838. The number of hydrogen-bond acceptors (Lipinski definition) is 3. The summed E-state index contributed by atoms with van der Waals surface area (Å²) in [4.78, 5) is 8.99. The molecule has 1 aliphatic carbocycles. The largest absolute Gasteiger partial charge is 0.392 e. The second kappa shape index (κ2) is 11.8. The van der Waals surface area contributed by atoms with Gasteiger partial charge in [0.15, 0.2) is 5.96 Å². The molecule has 0 spiro atoms. The minimum atomic E-state index is -0.230. The summed E-state index contributed by atoms with van der Waals surface area (Å²) in [5, 5.41) is 17.0. The zero-order valence-corrected chi connectivity index (χ0v) is 18.8. The van der Waals surface area contributed by atoms with Gasteiger partial charge in [0.25, 0.3) is 0 Å². The minimum Gasteiger partial charge on any atom is -0.392 e. The molecule has 6 nitrogen and oxygen atoms in total. The lowest BCUT2D eigenvalue weighted by molar-refractivity contribution is 0.00716. The Morgan fingerprint density at radius 1 is 1.38 bits per heavy atom. The number of guanidine groups is 1. The molecule has 0 amide bonds. The third-order valence-corrected chi connectivity index (χ3v) is 5.26. The first kappa shape index (κ1) is 23.2. The fourth-order valence-corrected chi connectivity index (χ4v) is 3.42. The van der Waals surface area contributed by atoms with Gasteiger partial charge in [-0.2, -0.15) is 0 Å². The van der Waals surface area contributed by atoms with Crippen molar-refractivity contribution in [1.82, 2.24) is 20.2 Å². The van der Waals surface area contributed by atoms with Crippen LogP contribution >= 0.6 is 24.0 Å². The van der Waals surface area contributed by atoms with E-state index in [4.69, 9.17) is 4.99 Å². The van der Waals surface area contributed by atoms with Gasteiger partial charge >= 0.3 is 0 Å². The van der Waals surface area contributed by atoms with Gasteiger partial charge in [0.05, 0.1) is 12.6 Å². The lowest BCUT2D eigenvalue weighted by Gasteiger charge is -2.37. The van der Waals surface area contributed by atoms with Gasteiger partial charge < -0.3 is 20.3 Å². The third kappa shape index (κ3) is 7.06. The molecule has 0 saturated heterocycles. The fraction of sp³-hybridized carbons (Fsp3) is 0.789. The molecule has 1 saturated carbocycles. The van der Waals surface area contributed by atoms with E-state index in [0.29, 0.717) is 6.54 Å². The maximum absolute atomic E-state index is 10.3. The molecular formula is C19H36IN5O. The molecule has 0 bridgehead atoms. The number of nitrogens with zero attached hydrogens (tertiary/aromatic N) is 3. The standard InChI is InChI=1S/C19H35N5O.HI/c1-4-20-18(23-15-19(3)10-6-5-9-17(19)25)22-11-7-8-13-24-14-12-21-16(24)2;/h12,14,17,25H,4-11,13,15H2,1-3H3,(H2,20,22,23);1H. The van der Waals surface area contributed by atoms with E-state index < -0.39 is 0 Å². The van der Waals surface area contributed by atoms with E-state index in [-0.39, 0.29) is 35.5 Å². The summed E-state index contributed by atoms with van der Waals surface area (Å²) in [6.45, 7) is 9.71. The first-order chi connectivity index (χ1) is 12.0. The molecule has 0 aliphatic heterocycles. The number of aromatic nitrogens is 2. The molecule has 2 unspecified atom stereocenters. The topological polar surface area (TPSA) is 74.5 Å². The van der Waals surface area contributed by atoms with Gasteiger partial charge in [0.1, 0.15) is 5.82 Å². The van der Waals surface area contributed by atoms with Crippen LogP contribution in [-0.2, 0) is 6.54 Å². The Labute approximate surface area is 175 Å². The molecule has 0 aromatic carbocycles. The molecule has 0 radical (unpaired) electrons. The Bertz CT molecular complexity index is 548. The van der Waals surface area contributed by atoms with Gasteiger partial charge in [0.2, 0.25) is 0 Å². The molecule has 1 aliphatic rings. The SMILES string of the molecule is CCNC(=NCC1(C)CCCCC1O)NCCCCn1ccnc1C.I. The van der Waals surface area contributed by atoms with E-state index in [1.807, 2.05) is 19.3 Å². The molecule has 3 N–H and O–H groups in total. The highest BCUT2D eigenvalue weighted by atomic mass is 127. The van der Waals surface area contributed by atoms with Gasteiger partial charge in [-0.15, -0.1) is 24.0 Å². The predicted molar refractivity (Wildman–Crippen MR) is 118 cm³/mol. The van der Waals surface area contributed by atoms with Crippen molar-refractivity contribution in [2.75, 3.05) is 19.6 Å². The number of nitrogens with one attached hydrogen (secondary N) is 2. The average Bonchev–Trinajstić information content (AvgIpc) is 3.00. The van der Waals surface area contributed by atoms with Crippen molar-refractivity contribution in [2.24, 2.45) is 10.4 Å². The summed E-state index contributed by atoms with van der Waals surface area (Å²) in [7, 11) is 0. The van der Waals surface area contributed by atoms with E-state index in [1.54, 1.807) is 0 Å². The Balaban J connectivity index is 0.00000338. The normalized spacial score (nSPS) is 23.4. The Morgan fingerprint density at radius 2 is 2.19 bits per heavy atom. The fourth-order valence-electron chi connectivity index (χ4n) is 3.42. The first-order valence-electron chi connectivity index (χ1n) is 9.73. The average molecular weight is 477 g/mol.